The number of pyridine rings is 1. The van der Waals surface area contributed by atoms with E-state index in [9.17, 15) is 18.3 Å². The maximum atomic E-state index is 11.8. The molecule has 0 fully saturated rings. The van der Waals surface area contributed by atoms with Crippen molar-refractivity contribution in [3.8, 4) is 11.1 Å². The van der Waals surface area contributed by atoms with Gasteiger partial charge in [-0.2, -0.15) is 0 Å². The Bertz CT molecular complexity index is 1520. The predicted molar refractivity (Wildman–Crippen MR) is 143 cm³/mol. The molecule has 1 aromatic heterocycles. The fourth-order valence-electron chi connectivity index (χ4n) is 4.15. The molecule has 0 saturated heterocycles. The highest BCUT2D eigenvalue weighted by atomic mass is 32.2. The molecule has 0 bridgehead atoms. The topological polar surface area (TPSA) is 114 Å². The van der Waals surface area contributed by atoms with Gasteiger partial charge in [-0.3, -0.25) is 9.78 Å². The van der Waals surface area contributed by atoms with Crippen LogP contribution in [0.1, 0.15) is 25.0 Å². The highest BCUT2D eigenvalue weighted by Crippen LogP contribution is 2.33. The first-order valence-corrected chi connectivity index (χ1v) is 13.4. The van der Waals surface area contributed by atoms with Crippen LogP contribution in [0.25, 0.3) is 22.0 Å². The summed E-state index contributed by atoms with van der Waals surface area (Å²) in [7, 11) is -3.35. The Morgan fingerprint density at radius 3 is 2.39 bits per heavy atom. The molecule has 0 aliphatic rings. The number of carboxylic acid groups (broad SMARTS) is 1. The van der Waals surface area contributed by atoms with Crippen molar-refractivity contribution < 1.29 is 18.3 Å². The Labute approximate surface area is 211 Å². The summed E-state index contributed by atoms with van der Waals surface area (Å²) in [5.41, 5.74) is 11.2. The average Bonchev–Trinajstić information content (AvgIpc) is 2.82. The Morgan fingerprint density at radius 1 is 1.03 bits per heavy atom. The van der Waals surface area contributed by atoms with E-state index in [1.165, 1.54) is 12.1 Å². The lowest BCUT2D eigenvalue weighted by Gasteiger charge is -2.24. The number of nitrogens with two attached hydrogens (primary N) is 1. The molecule has 0 unspecified atom stereocenters. The minimum Gasteiger partial charge on any atom is -0.480 e. The van der Waals surface area contributed by atoms with Crippen molar-refractivity contribution in [1.29, 1.82) is 0 Å². The predicted octanol–water partition coefficient (Wildman–Crippen LogP) is 4.59. The van der Waals surface area contributed by atoms with Crippen LogP contribution in [-0.4, -0.2) is 37.3 Å². The van der Waals surface area contributed by atoms with Gasteiger partial charge in [0.2, 0.25) is 0 Å². The molecule has 8 heteroatoms. The average molecular weight is 504 g/mol. The van der Waals surface area contributed by atoms with Gasteiger partial charge < -0.3 is 15.7 Å². The zero-order chi connectivity index (χ0) is 26.1. The minimum atomic E-state index is -3.35. The summed E-state index contributed by atoms with van der Waals surface area (Å²) in [6.45, 7) is 4.02. The lowest BCUT2D eigenvalue weighted by molar-refractivity contribution is -0.135. The van der Waals surface area contributed by atoms with E-state index in [1.807, 2.05) is 50.2 Å². The van der Waals surface area contributed by atoms with E-state index < -0.39 is 21.3 Å². The van der Waals surface area contributed by atoms with Gasteiger partial charge >= 0.3 is 5.97 Å². The first kappa shape index (κ1) is 25.3. The number of fused-ring (bicyclic) bond motifs is 1. The molecular weight excluding hydrogens is 474 g/mol. The van der Waals surface area contributed by atoms with Gasteiger partial charge in [0.1, 0.15) is 6.54 Å². The lowest BCUT2D eigenvalue weighted by atomic mass is 9.89. The SMILES string of the molecule is CC(C)(N)c1cc(-c2cccc(CN(CC(=O)O)c3ccc(S(C)(=O)=O)cc3)c2)c2ncccc2c1. The van der Waals surface area contributed by atoms with Crippen molar-refractivity contribution in [3.63, 3.8) is 0 Å². The molecule has 3 N–H and O–H groups in total. The molecule has 0 atom stereocenters. The van der Waals surface area contributed by atoms with Crippen molar-refractivity contribution in [3.05, 3.63) is 90.1 Å². The molecule has 0 aliphatic heterocycles. The zero-order valence-corrected chi connectivity index (χ0v) is 21.3. The van der Waals surface area contributed by atoms with Gasteiger partial charge in [0.25, 0.3) is 0 Å². The molecule has 0 radical (unpaired) electrons. The number of hydrogen-bond acceptors (Lipinski definition) is 6. The number of rotatable bonds is 8. The summed E-state index contributed by atoms with van der Waals surface area (Å²) in [5.74, 6) is -0.980. The third-order valence-corrected chi connectivity index (χ3v) is 7.14. The summed E-state index contributed by atoms with van der Waals surface area (Å²) in [5, 5.41) is 10.5. The van der Waals surface area contributed by atoms with Gasteiger partial charge in [-0.15, -0.1) is 0 Å². The van der Waals surface area contributed by atoms with Gasteiger partial charge in [0.05, 0.1) is 10.4 Å². The highest BCUT2D eigenvalue weighted by molar-refractivity contribution is 7.90. The van der Waals surface area contributed by atoms with Crippen molar-refractivity contribution in [1.82, 2.24) is 4.98 Å². The Hall–Kier alpha value is -3.75. The third kappa shape index (κ3) is 5.72. The van der Waals surface area contributed by atoms with Crippen LogP contribution in [0.2, 0.25) is 0 Å². The van der Waals surface area contributed by atoms with Gasteiger partial charge in [-0.1, -0.05) is 24.3 Å². The van der Waals surface area contributed by atoms with E-state index in [0.29, 0.717) is 12.2 Å². The van der Waals surface area contributed by atoms with Crippen molar-refractivity contribution in [2.75, 3.05) is 17.7 Å². The van der Waals surface area contributed by atoms with Gasteiger partial charge in [0.15, 0.2) is 9.84 Å². The Morgan fingerprint density at radius 2 is 1.75 bits per heavy atom. The molecule has 1 heterocycles. The van der Waals surface area contributed by atoms with Gasteiger partial charge in [-0.05, 0) is 79.1 Å². The summed E-state index contributed by atoms with van der Waals surface area (Å²) < 4.78 is 23.6. The fourth-order valence-corrected chi connectivity index (χ4v) is 4.78. The maximum Gasteiger partial charge on any atom is 0.323 e. The molecule has 4 rings (SSSR count). The molecule has 7 nitrogen and oxygen atoms in total. The number of anilines is 1. The maximum absolute atomic E-state index is 11.8. The van der Waals surface area contributed by atoms with E-state index >= 15 is 0 Å². The number of aliphatic carboxylic acids is 1. The second-order valence-electron chi connectivity index (χ2n) is 9.54. The number of sulfone groups is 1. The smallest absolute Gasteiger partial charge is 0.323 e. The number of nitrogens with zero attached hydrogens (tertiary/aromatic N) is 2. The number of carbonyl (C=O) groups is 1. The summed E-state index contributed by atoms with van der Waals surface area (Å²) in [4.78, 5) is 18.1. The normalized spacial score (nSPS) is 12.0. The van der Waals surface area contributed by atoms with E-state index in [0.717, 1.165) is 39.4 Å². The van der Waals surface area contributed by atoms with Crippen molar-refractivity contribution in [2.24, 2.45) is 5.73 Å². The van der Waals surface area contributed by atoms with E-state index in [2.05, 4.69) is 17.1 Å². The van der Waals surface area contributed by atoms with Crippen molar-refractivity contribution >= 4 is 32.4 Å². The number of hydrogen-bond donors (Lipinski definition) is 2. The minimum absolute atomic E-state index is 0.186. The van der Waals surface area contributed by atoms with E-state index in [-0.39, 0.29) is 11.4 Å². The van der Waals surface area contributed by atoms with Gasteiger partial charge in [0, 0.05) is 41.2 Å². The molecular formula is C28H29N3O4S. The monoisotopic (exact) mass is 503 g/mol. The summed E-state index contributed by atoms with van der Waals surface area (Å²) in [6, 6.07) is 22.2. The van der Waals surface area contributed by atoms with E-state index in [4.69, 9.17) is 5.73 Å². The third-order valence-electron chi connectivity index (χ3n) is 6.02. The number of aromatic nitrogens is 1. The fraction of sp³-hybridized carbons (Fsp3) is 0.214. The molecule has 0 aliphatic carbocycles. The second-order valence-corrected chi connectivity index (χ2v) is 11.6. The number of benzene rings is 3. The van der Waals surface area contributed by atoms with Gasteiger partial charge in [-0.25, -0.2) is 8.42 Å². The molecule has 3 aromatic carbocycles. The lowest BCUT2D eigenvalue weighted by Crippen LogP contribution is -2.29. The molecule has 186 valence electrons. The quantitative estimate of drug-likeness (QED) is 0.361. The van der Waals surface area contributed by atoms with Crippen LogP contribution in [0, 0.1) is 0 Å². The highest BCUT2D eigenvalue weighted by Gasteiger charge is 2.19. The Balaban J connectivity index is 1.74. The van der Waals surface area contributed by atoms with Crippen LogP contribution in [0.3, 0.4) is 0 Å². The Kier molecular flexibility index (Phi) is 6.84. The second kappa shape index (κ2) is 9.72. The largest absolute Gasteiger partial charge is 0.480 e. The molecule has 36 heavy (non-hydrogen) atoms. The van der Waals surface area contributed by atoms with Crippen LogP contribution in [0.15, 0.2) is 83.9 Å². The summed E-state index contributed by atoms with van der Waals surface area (Å²) in [6.07, 6.45) is 2.90. The van der Waals surface area contributed by atoms with Crippen LogP contribution in [0.4, 0.5) is 5.69 Å². The van der Waals surface area contributed by atoms with Crippen molar-refractivity contribution in [2.45, 2.75) is 30.8 Å². The standard InChI is InChI=1S/C28H29N3O4S/c1-28(2,29)22-15-21-8-5-13-30-27(21)25(16-22)20-7-4-6-19(14-20)17-31(18-26(32)33)23-9-11-24(12-10-23)36(3,34)35/h4-16H,17-18,29H2,1-3H3,(H,32,33). The molecule has 4 aromatic rings. The molecule has 0 saturated carbocycles. The van der Waals surface area contributed by atoms with Crippen LogP contribution in [0.5, 0.6) is 0 Å². The van der Waals surface area contributed by atoms with E-state index in [1.54, 1.807) is 23.2 Å². The molecule has 0 spiro atoms. The first-order chi connectivity index (χ1) is 16.9. The van der Waals surface area contributed by atoms with Crippen LogP contribution < -0.4 is 10.6 Å². The zero-order valence-electron chi connectivity index (χ0n) is 20.5. The number of carboxylic acids is 1. The van der Waals surface area contributed by atoms with Crippen LogP contribution in [-0.2, 0) is 26.7 Å². The molecule has 0 amide bonds. The first-order valence-electron chi connectivity index (χ1n) is 11.5. The van der Waals surface area contributed by atoms with Crippen LogP contribution >= 0.6 is 0 Å². The summed E-state index contributed by atoms with van der Waals surface area (Å²) >= 11 is 0.